The summed E-state index contributed by atoms with van der Waals surface area (Å²) in [5, 5.41) is 8.45. The van der Waals surface area contributed by atoms with Gasteiger partial charge in [0, 0.05) is 30.1 Å². The van der Waals surface area contributed by atoms with Crippen LogP contribution in [0.2, 0.25) is 0 Å². The molecule has 3 rings (SSSR count). The highest BCUT2D eigenvalue weighted by atomic mass is 16.5. The molecule has 0 aliphatic carbocycles. The van der Waals surface area contributed by atoms with Crippen LogP contribution in [0.1, 0.15) is 48.5 Å². The van der Waals surface area contributed by atoms with Crippen molar-refractivity contribution in [3.8, 4) is 0 Å². The van der Waals surface area contributed by atoms with Crippen LogP contribution in [0.25, 0.3) is 0 Å². The summed E-state index contributed by atoms with van der Waals surface area (Å²) < 4.78 is 5.48. The lowest BCUT2D eigenvalue weighted by Gasteiger charge is -2.12. The first-order valence-electron chi connectivity index (χ1n) is 9.69. The molecule has 2 aromatic rings. The number of rotatable bonds is 6. The van der Waals surface area contributed by atoms with E-state index in [4.69, 9.17) is 4.74 Å². The smallest absolute Gasteiger partial charge is 0.319 e. The van der Waals surface area contributed by atoms with Crippen LogP contribution >= 0.6 is 0 Å². The van der Waals surface area contributed by atoms with Crippen molar-refractivity contribution in [1.29, 1.82) is 0 Å². The molecule has 1 saturated heterocycles. The Balaban J connectivity index is 1.49. The van der Waals surface area contributed by atoms with Crippen molar-refractivity contribution in [2.24, 2.45) is 0 Å². The molecule has 28 heavy (non-hydrogen) atoms. The largest absolute Gasteiger partial charge is 0.376 e. The lowest BCUT2D eigenvalue weighted by atomic mass is 10.0. The van der Waals surface area contributed by atoms with E-state index in [1.807, 2.05) is 24.3 Å². The summed E-state index contributed by atoms with van der Waals surface area (Å²) in [5.41, 5.74) is 3.14. The number of anilines is 2. The highest BCUT2D eigenvalue weighted by molar-refractivity contribution is 6.04. The topological polar surface area (TPSA) is 79.5 Å². The third kappa shape index (κ3) is 5.57. The Bertz CT molecular complexity index is 795. The zero-order valence-electron chi connectivity index (χ0n) is 16.3. The van der Waals surface area contributed by atoms with Crippen LogP contribution in [-0.2, 0) is 4.74 Å². The highest BCUT2D eigenvalue weighted by Gasteiger charge is 2.16. The van der Waals surface area contributed by atoms with Crippen LogP contribution in [0, 0.1) is 0 Å². The minimum atomic E-state index is -0.266. The SMILES string of the molecule is CC(C)c1ccc(C(=O)Nc2ccc(NC(=O)NCC3CCCO3)cc2)cc1. The summed E-state index contributed by atoms with van der Waals surface area (Å²) in [4.78, 5) is 24.3. The van der Waals surface area contributed by atoms with Gasteiger partial charge in [0.15, 0.2) is 0 Å². The molecular weight excluding hydrogens is 354 g/mol. The molecule has 0 radical (unpaired) electrons. The van der Waals surface area contributed by atoms with E-state index in [1.165, 1.54) is 5.56 Å². The zero-order valence-corrected chi connectivity index (χ0v) is 16.3. The molecular formula is C22H27N3O3. The number of ether oxygens (including phenoxy) is 1. The lowest BCUT2D eigenvalue weighted by Crippen LogP contribution is -2.35. The summed E-state index contributed by atoms with van der Waals surface area (Å²) in [5.74, 6) is 0.269. The quantitative estimate of drug-likeness (QED) is 0.695. The number of benzene rings is 2. The maximum absolute atomic E-state index is 12.4. The third-order valence-electron chi connectivity index (χ3n) is 4.75. The first-order valence-corrected chi connectivity index (χ1v) is 9.69. The van der Waals surface area contributed by atoms with Gasteiger partial charge in [-0.15, -0.1) is 0 Å². The number of carbonyl (C=O) groups is 2. The molecule has 0 aromatic heterocycles. The van der Waals surface area contributed by atoms with Crippen molar-refractivity contribution in [2.45, 2.75) is 38.7 Å². The van der Waals surface area contributed by atoms with Gasteiger partial charge >= 0.3 is 6.03 Å². The van der Waals surface area contributed by atoms with Gasteiger partial charge in [-0.2, -0.15) is 0 Å². The normalized spacial score (nSPS) is 16.0. The van der Waals surface area contributed by atoms with Gasteiger partial charge < -0.3 is 20.7 Å². The van der Waals surface area contributed by atoms with Crippen LogP contribution in [0.4, 0.5) is 16.2 Å². The molecule has 0 bridgehead atoms. The zero-order chi connectivity index (χ0) is 19.9. The number of urea groups is 1. The second-order valence-electron chi connectivity index (χ2n) is 7.28. The van der Waals surface area contributed by atoms with Gasteiger partial charge in [0.25, 0.3) is 5.91 Å². The molecule has 1 aliphatic heterocycles. The monoisotopic (exact) mass is 381 g/mol. The van der Waals surface area contributed by atoms with Crippen molar-refractivity contribution < 1.29 is 14.3 Å². The number of nitrogens with one attached hydrogen (secondary N) is 3. The van der Waals surface area contributed by atoms with Crippen molar-refractivity contribution in [3.63, 3.8) is 0 Å². The van der Waals surface area contributed by atoms with Gasteiger partial charge in [0.2, 0.25) is 0 Å². The molecule has 1 atom stereocenters. The predicted molar refractivity (Wildman–Crippen MR) is 111 cm³/mol. The maximum Gasteiger partial charge on any atom is 0.319 e. The minimum absolute atomic E-state index is 0.109. The van der Waals surface area contributed by atoms with Crippen molar-refractivity contribution in [1.82, 2.24) is 5.32 Å². The Hall–Kier alpha value is -2.86. The number of carbonyl (C=O) groups excluding carboxylic acids is 2. The Kier molecular flexibility index (Phi) is 6.66. The van der Waals surface area contributed by atoms with Gasteiger partial charge in [-0.3, -0.25) is 4.79 Å². The lowest BCUT2D eigenvalue weighted by molar-refractivity contribution is 0.102. The van der Waals surface area contributed by atoms with Crippen LogP contribution in [0.15, 0.2) is 48.5 Å². The highest BCUT2D eigenvalue weighted by Crippen LogP contribution is 2.17. The van der Waals surface area contributed by atoms with Gasteiger partial charge in [-0.1, -0.05) is 26.0 Å². The second-order valence-corrected chi connectivity index (χ2v) is 7.28. The van der Waals surface area contributed by atoms with E-state index in [0.29, 0.717) is 29.4 Å². The minimum Gasteiger partial charge on any atom is -0.376 e. The molecule has 0 saturated carbocycles. The summed E-state index contributed by atoms with van der Waals surface area (Å²) in [7, 11) is 0. The molecule has 1 heterocycles. The molecule has 1 unspecified atom stereocenters. The van der Waals surface area contributed by atoms with E-state index in [-0.39, 0.29) is 18.0 Å². The Morgan fingerprint density at radius 3 is 2.21 bits per heavy atom. The molecule has 3 amide bonds. The van der Waals surface area contributed by atoms with E-state index in [2.05, 4.69) is 29.8 Å². The van der Waals surface area contributed by atoms with Crippen LogP contribution < -0.4 is 16.0 Å². The van der Waals surface area contributed by atoms with Crippen LogP contribution in [0.5, 0.6) is 0 Å². The average Bonchev–Trinajstić information content (AvgIpc) is 3.21. The van der Waals surface area contributed by atoms with E-state index in [0.717, 1.165) is 19.4 Å². The van der Waals surface area contributed by atoms with Crippen molar-refractivity contribution in [3.05, 3.63) is 59.7 Å². The Morgan fingerprint density at radius 1 is 1.00 bits per heavy atom. The summed E-state index contributed by atoms with van der Waals surface area (Å²) in [6.45, 7) is 5.51. The van der Waals surface area contributed by atoms with E-state index in [9.17, 15) is 9.59 Å². The molecule has 3 N–H and O–H groups in total. The van der Waals surface area contributed by atoms with Crippen LogP contribution in [0.3, 0.4) is 0 Å². The fourth-order valence-electron chi connectivity index (χ4n) is 3.05. The van der Waals surface area contributed by atoms with E-state index >= 15 is 0 Å². The number of hydrogen-bond acceptors (Lipinski definition) is 3. The molecule has 1 fully saturated rings. The molecule has 6 heteroatoms. The second kappa shape index (κ2) is 9.37. The van der Waals surface area contributed by atoms with E-state index in [1.54, 1.807) is 24.3 Å². The summed E-state index contributed by atoms with van der Waals surface area (Å²) in [6, 6.07) is 14.4. The van der Waals surface area contributed by atoms with E-state index < -0.39 is 0 Å². The summed E-state index contributed by atoms with van der Waals surface area (Å²) in [6.07, 6.45) is 2.13. The van der Waals surface area contributed by atoms with Gasteiger partial charge in [0.1, 0.15) is 0 Å². The fourth-order valence-corrected chi connectivity index (χ4v) is 3.05. The molecule has 2 aromatic carbocycles. The Morgan fingerprint density at radius 2 is 1.64 bits per heavy atom. The van der Waals surface area contributed by atoms with Gasteiger partial charge in [-0.05, 0) is 60.7 Å². The molecule has 148 valence electrons. The van der Waals surface area contributed by atoms with Gasteiger partial charge in [-0.25, -0.2) is 4.79 Å². The molecule has 1 aliphatic rings. The number of hydrogen-bond donors (Lipinski definition) is 3. The first-order chi connectivity index (χ1) is 13.5. The molecule has 6 nitrogen and oxygen atoms in total. The maximum atomic E-state index is 12.4. The van der Waals surface area contributed by atoms with Gasteiger partial charge in [0.05, 0.1) is 6.10 Å². The predicted octanol–water partition coefficient (Wildman–Crippen LogP) is 4.36. The third-order valence-corrected chi connectivity index (χ3v) is 4.75. The van der Waals surface area contributed by atoms with Crippen molar-refractivity contribution >= 4 is 23.3 Å². The Labute approximate surface area is 165 Å². The summed E-state index contributed by atoms with van der Waals surface area (Å²) >= 11 is 0. The van der Waals surface area contributed by atoms with Crippen LogP contribution in [-0.4, -0.2) is 31.2 Å². The number of amides is 3. The fraction of sp³-hybridized carbons (Fsp3) is 0.364. The molecule has 0 spiro atoms. The standard InChI is InChI=1S/C22H27N3O3/c1-15(2)16-5-7-17(8-6-16)21(26)24-18-9-11-19(12-10-18)25-22(27)23-14-20-4-3-13-28-20/h5-12,15,20H,3-4,13-14H2,1-2H3,(H,24,26)(H2,23,25,27). The van der Waals surface area contributed by atoms with Crippen molar-refractivity contribution in [2.75, 3.05) is 23.8 Å². The first kappa shape index (κ1) is 19.9. The average molecular weight is 381 g/mol.